The minimum atomic E-state index is -3.53. The molecule has 2 heterocycles. The summed E-state index contributed by atoms with van der Waals surface area (Å²) in [6.07, 6.45) is 2.99. The average Bonchev–Trinajstić information content (AvgIpc) is 2.74. The first-order valence-corrected chi connectivity index (χ1v) is 14.0. The maximum Gasteiger partial charge on any atom is 0.243 e. The summed E-state index contributed by atoms with van der Waals surface area (Å²) >= 11 is 0. The molecule has 1 N–H and O–H groups in total. The van der Waals surface area contributed by atoms with Crippen LogP contribution in [0.3, 0.4) is 0 Å². The van der Waals surface area contributed by atoms with E-state index in [0.717, 1.165) is 5.56 Å². The minimum absolute atomic E-state index is 0.0976. The molecule has 3 rings (SSSR count). The summed E-state index contributed by atoms with van der Waals surface area (Å²) in [5.74, 6) is -0.374. The van der Waals surface area contributed by atoms with Crippen LogP contribution in [-0.4, -0.2) is 69.3 Å². The zero-order chi connectivity index (χ0) is 22.6. The van der Waals surface area contributed by atoms with Crippen LogP contribution < -0.4 is 5.32 Å². The Morgan fingerprint density at radius 2 is 1.65 bits per heavy atom. The van der Waals surface area contributed by atoms with Crippen molar-refractivity contribution >= 4 is 26.0 Å². The van der Waals surface area contributed by atoms with Crippen LogP contribution in [-0.2, 0) is 24.8 Å². The van der Waals surface area contributed by atoms with Crippen molar-refractivity contribution in [3.05, 3.63) is 29.8 Å². The summed E-state index contributed by atoms with van der Waals surface area (Å²) in [7, 11) is -6.84. The molecule has 0 spiro atoms. The van der Waals surface area contributed by atoms with E-state index < -0.39 is 20.0 Å². The molecule has 1 aromatic carbocycles. The van der Waals surface area contributed by atoms with E-state index in [1.165, 1.54) is 8.61 Å². The third-order valence-electron chi connectivity index (χ3n) is 6.07. The molecule has 2 aliphatic rings. The lowest BCUT2D eigenvalue weighted by atomic mass is 9.97. The van der Waals surface area contributed by atoms with E-state index >= 15 is 0 Å². The van der Waals surface area contributed by atoms with Crippen molar-refractivity contribution < 1.29 is 21.6 Å². The van der Waals surface area contributed by atoms with E-state index in [9.17, 15) is 21.6 Å². The van der Waals surface area contributed by atoms with Crippen molar-refractivity contribution in [1.29, 1.82) is 0 Å². The molecular weight excluding hydrogens is 438 g/mol. The predicted molar refractivity (Wildman–Crippen MR) is 119 cm³/mol. The second kappa shape index (κ2) is 9.97. The molecule has 10 heteroatoms. The number of carbonyl (C=O) groups is 1. The predicted octanol–water partition coefficient (Wildman–Crippen LogP) is 1.72. The van der Waals surface area contributed by atoms with Gasteiger partial charge in [-0.3, -0.25) is 4.79 Å². The Bertz CT molecular complexity index is 969. The third-order valence-corrected chi connectivity index (χ3v) is 10.0. The van der Waals surface area contributed by atoms with Crippen LogP contribution >= 0.6 is 0 Å². The van der Waals surface area contributed by atoms with Crippen LogP contribution in [0.4, 0.5) is 0 Å². The van der Waals surface area contributed by atoms with Gasteiger partial charge in [0.25, 0.3) is 0 Å². The Kier molecular flexibility index (Phi) is 7.77. The number of hydrogen-bond donors (Lipinski definition) is 1. The van der Waals surface area contributed by atoms with Crippen molar-refractivity contribution in [2.45, 2.75) is 56.9 Å². The first-order valence-electron chi connectivity index (χ1n) is 11.0. The fourth-order valence-corrected chi connectivity index (χ4v) is 7.27. The van der Waals surface area contributed by atoms with Gasteiger partial charge in [0.05, 0.1) is 16.6 Å². The van der Waals surface area contributed by atoms with Crippen LogP contribution in [0.1, 0.15) is 44.6 Å². The van der Waals surface area contributed by atoms with Crippen LogP contribution in [0.25, 0.3) is 0 Å². The normalized spacial score (nSPS) is 22.3. The number of benzene rings is 1. The number of nitrogens with zero attached hydrogens (tertiary/aromatic N) is 2. The minimum Gasteiger partial charge on any atom is -0.353 e. The lowest BCUT2D eigenvalue weighted by Gasteiger charge is -2.34. The summed E-state index contributed by atoms with van der Waals surface area (Å²) in [5, 5.41) is 3.03. The molecule has 2 aliphatic heterocycles. The van der Waals surface area contributed by atoms with Crippen LogP contribution in [0.2, 0.25) is 0 Å². The Morgan fingerprint density at radius 3 is 2.26 bits per heavy atom. The highest BCUT2D eigenvalue weighted by Gasteiger charge is 2.34. The molecule has 0 aliphatic carbocycles. The summed E-state index contributed by atoms with van der Waals surface area (Å²) in [6, 6.07) is 6.72. The first-order chi connectivity index (χ1) is 14.6. The Hall–Kier alpha value is -1.49. The number of rotatable bonds is 7. The molecule has 2 saturated heterocycles. The van der Waals surface area contributed by atoms with Gasteiger partial charge in [-0.2, -0.15) is 4.31 Å². The standard InChI is InChI=1S/C21H33N3O5S2/c1-3-15-30(26,27)24-12-4-5-18(16-24)21(25)22-19-10-13-23(14-11-19)31(28,29)20-8-6-17(2)7-9-20/h6-9,18-19H,3-5,10-16H2,1-2H3,(H,22,25)/t18-/m1/s1. The van der Waals surface area contributed by atoms with Crippen molar-refractivity contribution in [3.63, 3.8) is 0 Å². The van der Waals surface area contributed by atoms with E-state index in [1.54, 1.807) is 24.3 Å². The molecule has 2 fully saturated rings. The summed E-state index contributed by atoms with van der Waals surface area (Å²) in [4.78, 5) is 13.1. The maximum atomic E-state index is 12.8. The monoisotopic (exact) mass is 471 g/mol. The number of nitrogens with one attached hydrogen (secondary N) is 1. The summed E-state index contributed by atoms with van der Waals surface area (Å²) < 4.78 is 53.3. The van der Waals surface area contributed by atoms with Gasteiger partial charge in [0.1, 0.15) is 0 Å². The first kappa shape index (κ1) is 24.2. The van der Waals surface area contributed by atoms with Gasteiger partial charge in [0.2, 0.25) is 26.0 Å². The Labute approximate surface area is 186 Å². The molecule has 31 heavy (non-hydrogen) atoms. The molecular formula is C21H33N3O5S2. The summed E-state index contributed by atoms with van der Waals surface area (Å²) in [5.41, 5.74) is 1.00. The molecule has 1 atom stereocenters. The van der Waals surface area contributed by atoms with Crippen molar-refractivity contribution in [3.8, 4) is 0 Å². The largest absolute Gasteiger partial charge is 0.353 e. The highest BCUT2D eigenvalue weighted by Crippen LogP contribution is 2.23. The molecule has 0 unspecified atom stereocenters. The number of amides is 1. The SMILES string of the molecule is CCCS(=O)(=O)N1CCC[C@@H](C(=O)NC2CCN(S(=O)(=O)c3ccc(C)cc3)CC2)C1. The molecule has 0 aromatic heterocycles. The van der Waals surface area contributed by atoms with Crippen molar-refractivity contribution in [2.24, 2.45) is 5.92 Å². The van der Waals surface area contributed by atoms with E-state index in [4.69, 9.17) is 0 Å². The van der Waals surface area contributed by atoms with Crippen LogP contribution in [0.5, 0.6) is 0 Å². The van der Waals surface area contributed by atoms with E-state index in [0.29, 0.717) is 51.7 Å². The molecule has 1 amide bonds. The molecule has 174 valence electrons. The van der Waals surface area contributed by atoms with Gasteiger partial charge in [0, 0.05) is 32.2 Å². The van der Waals surface area contributed by atoms with Gasteiger partial charge in [-0.15, -0.1) is 0 Å². The van der Waals surface area contributed by atoms with Gasteiger partial charge in [-0.05, 0) is 51.2 Å². The van der Waals surface area contributed by atoms with Gasteiger partial charge >= 0.3 is 0 Å². The van der Waals surface area contributed by atoms with Crippen molar-refractivity contribution in [2.75, 3.05) is 31.9 Å². The highest BCUT2D eigenvalue weighted by atomic mass is 32.2. The zero-order valence-corrected chi connectivity index (χ0v) is 19.9. The number of carbonyl (C=O) groups excluding carboxylic acids is 1. The smallest absolute Gasteiger partial charge is 0.243 e. The van der Waals surface area contributed by atoms with E-state index in [2.05, 4.69) is 5.32 Å². The fraction of sp³-hybridized carbons (Fsp3) is 0.667. The number of aryl methyl sites for hydroxylation is 1. The summed E-state index contributed by atoms with van der Waals surface area (Å²) in [6.45, 7) is 5.15. The average molecular weight is 472 g/mol. The van der Waals surface area contributed by atoms with Gasteiger partial charge in [-0.1, -0.05) is 24.6 Å². The maximum absolute atomic E-state index is 12.8. The highest BCUT2D eigenvalue weighted by molar-refractivity contribution is 7.89. The molecule has 0 radical (unpaired) electrons. The van der Waals surface area contributed by atoms with E-state index in [-0.39, 0.29) is 35.1 Å². The van der Waals surface area contributed by atoms with Gasteiger partial charge < -0.3 is 5.32 Å². The van der Waals surface area contributed by atoms with E-state index in [1.807, 2.05) is 13.8 Å². The lowest BCUT2D eigenvalue weighted by molar-refractivity contribution is -0.127. The van der Waals surface area contributed by atoms with Crippen molar-refractivity contribution in [1.82, 2.24) is 13.9 Å². The molecule has 8 nitrogen and oxygen atoms in total. The van der Waals surface area contributed by atoms with Gasteiger partial charge in [0.15, 0.2) is 0 Å². The molecule has 1 aromatic rings. The molecule has 0 bridgehead atoms. The second-order valence-electron chi connectivity index (χ2n) is 8.51. The second-order valence-corrected chi connectivity index (χ2v) is 12.5. The third kappa shape index (κ3) is 5.85. The fourth-order valence-electron chi connectivity index (χ4n) is 4.21. The van der Waals surface area contributed by atoms with Crippen LogP contribution in [0.15, 0.2) is 29.2 Å². The number of sulfonamides is 2. The van der Waals surface area contributed by atoms with Gasteiger partial charge in [-0.25, -0.2) is 21.1 Å². The molecule has 0 saturated carbocycles. The lowest BCUT2D eigenvalue weighted by Crippen LogP contribution is -2.51. The zero-order valence-electron chi connectivity index (χ0n) is 18.3. The Balaban J connectivity index is 1.53. The number of hydrogen-bond acceptors (Lipinski definition) is 5. The van der Waals surface area contributed by atoms with Crippen LogP contribution in [0, 0.1) is 12.8 Å². The Morgan fingerprint density at radius 1 is 1.00 bits per heavy atom. The topological polar surface area (TPSA) is 104 Å². The quantitative estimate of drug-likeness (QED) is 0.652. The number of piperidine rings is 2.